The molecule has 2 bridgehead atoms. The van der Waals surface area contributed by atoms with Crippen molar-refractivity contribution in [3.05, 3.63) is 24.3 Å². The van der Waals surface area contributed by atoms with Crippen LogP contribution in [-0.2, 0) is 14.8 Å². The molecule has 0 aromatic heterocycles. The molecule has 3 heterocycles. The van der Waals surface area contributed by atoms with E-state index >= 15 is 0 Å². The third-order valence-electron chi connectivity index (χ3n) is 6.27. The Morgan fingerprint density at radius 3 is 2.13 bits per heavy atom. The van der Waals surface area contributed by atoms with Gasteiger partial charge in [-0.1, -0.05) is 0 Å². The zero-order chi connectivity index (χ0) is 22.6. The molecule has 0 radical (unpaired) electrons. The number of nitrogens with zero attached hydrogens (tertiary/aromatic N) is 2. The van der Waals surface area contributed by atoms with Gasteiger partial charge in [-0.05, 0) is 70.7 Å². The van der Waals surface area contributed by atoms with Crippen LogP contribution in [0.4, 0.5) is 13.6 Å². The van der Waals surface area contributed by atoms with Crippen molar-refractivity contribution < 1.29 is 31.5 Å². The number of carbonyl (C=O) groups excluding carboxylic acids is 1. The van der Waals surface area contributed by atoms with E-state index in [2.05, 4.69) is 4.74 Å². The monoisotopic (exact) mass is 458 g/mol. The zero-order valence-corrected chi connectivity index (χ0v) is 18.7. The lowest BCUT2D eigenvalue weighted by Crippen LogP contribution is -2.64. The number of sulfonamides is 1. The minimum atomic E-state index is -3.71. The van der Waals surface area contributed by atoms with Gasteiger partial charge in [0.25, 0.3) is 0 Å². The lowest BCUT2D eigenvalue weighted by molar-refractivity contribution is -0.0501. The number of hydrogen-bond donors (Lipinski definition) is 0. The first-order valence-corrected chi connectivity index (χ1v) is 11.9. The molecule has 3 fully saturated rings. The van der Waals surface area contributed by atoms with E-state index in [-0.39, 0.29) is 34.2 Å². The second-order valence-corrected chi connectivity index (χ2v) is 11.7. The van der Waals surface area contributed by atoms with Crippen molar-refractivity contribution in [1.29, 1.82) is 0 Å². The van der Waals surface area contributed by atoms with Crippen molar-refractivity contribution in [3.63, 3.8) is 0 Å². The number of halogens is 2. The molecule has 4 rings (SSSR count). The third kappa shape index (κ3) is 4.37. The number of amides is 1. The van der Waals surface area contributed by atoms with E-state index < -0.39 is 22.2 Å². The molecule has 3 aliphatic heterocycles. The summed E-state index contributed by atoms with van der Waals surface area (Å²) in [6.45, 7) is 3.39. The van der Waals surface area contributed by atoms with Crippen molar-refractivity contribution >= 4 is 16.1 Å². The molecule has 1 amide bonds. The Morgan fingerprint density at radius 2 is 1.65 bits per heavy atom. The van der Waals surface area contributed by atoms with Crippen molar-refractivity contribution in [2.45, 2.75) is 75.6 Å². The maximum Gasteiger partial charge on any atom is 0.410 e. The fourth-order valence-electron chi connectivity index (χ4n) is 5.13. The summed E-state index contributed by atoms with van der Waals surface area (Å²) in [7, 11) is -3.71. The van der Waals surface area contributed by atoms with Crippen LogP contribution in [0.1, 0.15) is 46.5 Å². The van der Waals surface area contributed by atoms with Gasteiger partial charge in [-0.3, -0.25) is 0 Å². The van der Waals surface area contributed by atoms with Crippen molar-refractivity contribution in [2.75, 3.05) is 13.1 Å². The zero-order valence-electron chi connectivity index (χ0n) is 17.9. The van der Waals surface area contributed by atoms with Crippen molar-refractivity contribution in [2.24, 2.45) is 5.41 Å². The molecule has 31 heavy (non-hydrogen) atoms. The number of alkyl halides is 2. The van der Waals surface area contributed by atoms with Gasteiger partial charge in [-0.2, -0.15) is 13.1 Å². The summed E-state index contributed by atoms with van der Waals surface area (Å²) in [5.74, 6) is -0.0832. The van der Waals surface area contributed by atoms with Crippen LogP contribution in [0.2, 0.25) is 0 Å². The maximum atomic E-state index is 12.9. The Balaban J connectivity index is 1.40. The van der Waals surface area contributed by atoms with Crippen LogP contribution in [0, 0.1) is 5.41 Å². The lowest BCUT2D eigenvalue weighted by atomic mass is 9.70. The smallest absolute Gasteiger partial charge is 0.410 e. The molecule has 1 aromatic carbocycles. The molecule has 1 aromatic rings. The van der Waals surface area contributed by atoms with Crippen LogP contribution >= 0.6 is 0 Å². The van der Waals surface area contributed by atoms with Crippen molar-refractivity contribution in [3.8, 4) is 5.75 Å². The molecule has 10 heteroatoms. The van der Waals surface area contributed by atoms with Gasteiger partial charge in [0.05, 0.1) is 4.90 Å². The molecule has 3 saturated heterocycles. The number of piperidine rings is 1. The van der Waals surface area contributed by atoms with Gasteiger partial charge in [0.1, 0.15) is 11.4 Å². The number of benzene rings is 1. The summed E-state index contributed by atoms with van der Waals surface area (Å²) in [5.41, 5.74) is -0.681. The Hall–Kier alpha value is -1.94. The van der Waals surface area contributed by atoms with Gasteiger partial charge in [0, 0.05) is 30.6 Å². The molecule has 2 atom stereocenters. The number of fused-ring (bicyclic) bond motifs is 2. The van der Waals surface area contributed by atoms with Crippen LogP contribution in [0.3, 0.4) is 0 Å². The molecule has 172 valence electrons. The number of rotatable bonds is 4. The highest BCUT2D eigenvalue weighted by Crippen LogP contribution is 2.51. The van der Waals surface area contributed by atoms with E-state index in [9.17, 15) is 22.0 Å². The fourth-order valence-corrected chi connectivity index (χ4v) is 6.80. The molecule has 1 spiro atoms. The summed E-state index contributed by atoms with van der Waals surface area (Å²) >= 11 is 0. The topological polar surface area (TPSA) is 76.2 Å². The Kier molecular flexibility index (Phi) is 5.44. The molecule has 7 nitrogen and oxygen atoms in total. The highest BCUT2D eigenvalue weighted by Gasteiger charge is 2.57. The molecular formula is C21H28F2N2O5S. The molecule has 3 aliphatic rings. The van der Waals surface area contributed by atoms with Crippen LogP contribution < -0.4 is 4.74 Å². The molecule has 0 unspecified atom stereocenters. The van der Waals surface area contributed by atoms with Gasteiger partial charge in [-0.15, -0.1) is 0 Å². The average molecular weight is 459 g/mol. The van der Waals surface area contributed by atoms with Crippen LogP contribution in [-0.4, -0.2) is 61.1 Å². The molecule has 0 N–H and O–H groups in total. The second kappa shape index (κ2) is 7.58. The minimum absolute atomic E-state index is 0.0538. The van der Waals surface area contributed by atoms with E-state index in [1.54, 1.807) is 0 Å². The van der Waals surface area contributed by atoms with E-state index in [1.807, 2.05) is 25.7 Å². The number of carbonyl (C=O) groups is 1. The van der Waals surface area contributed by atoms with E-state index in [4.69, 9.17) is 4.74 Å². The second-order valence-electron chi connectivity index (χ2n) is 9.80. The highest BCUT2D eigenvalue weighted by atomic mass is 32.2. The van der Waals surface area contributed by atoms with Gasteiger partial charge >= 0.3 is 12.7 Å². The van der Waals surface area contributed by atoms with E-state index in [0.29, 0.717) is 13.1 Å². The summed E-state index contributed by atoms with van der Waals surface area (Å²) in [4.78, 5) is 14.5. The van der Waals surface area contributed by atoms with Crippen LogP contribution in [0.15, 0.2) is 29.2 Å². The number of hydrogen-bond acceptors (Lipinski definition) is 5. The Bertz CT molecular complexity index is 924. The first-order valence-electron chi connectivity index (χ1n) is 10.4. The molecule has 0 aliphatic carbocycles. The average Bonchev–Trinajstić information content (AvgIpc) is 2.89. The van der Waals surface area contributed by atoms with Crippen molar-refractivity contribution in [1.82, 2.24) is 9.21 Å². The molecule has 0 saturated carbocycles. The van der Waals surface area contributed by atoms with E-state index in [0.717, 1.165) is 25.7 Å². The third-order valence-corrected chi connectivity index (χ3v) is 8.08. The van der Waals surface area contributed by atoms with Gasteiger partial charge in [0.15, 0.2) is 0 Å². The SMILES string of the molecule is CC(C)(C)OC(=O)N1[C@@H]2CC[C@H]1CC1(C2)CN(S(=O)(=O)c2ccc(OC(F)F)cc2)C1. The standard InChI is InChI=1S/C21H28F2N2O5S/c1-20(2,3)30-19(26)25-14-4-5-15(25)11-21(10-14)12-24(13-21)31(27,28)17-8-6-16(7-9-17)29-18(22)23/h6-9,14-15,18H,4-5,10-13H2,1-3H3/t14-,15+. The summed E-state index contributed by atoms with van der Waals surface area (Å²) < 4.78 is 61.7. The first kappa shape index (κ1) is 22.3. The van der Waals surface area contributed by atoms with E-state index in [1.165, 1.54) is 28.6 Å². The normalized spacial score (nSPS) is 25.5. The van der Waals surface area contributed by atoms with Gasteiger partial charge in [-0.25, -0.2) is 13.2 Å². The highest BCUT2D eigenvalue weighted by molar-refractivity contribution is 7.89. The van der Waals surface area contributed by atoms with Crippen LogP contribution in [0.25, 0.3) is 0 Å². The fraction of sp³-hybridized carbons (Fsp3) is 0.667. The summed E-state index contributed by atoms with van der Waals surface area (Å²) in [6.07, 6.45) is 3.05. The lowest BCUT2D eigenvalue weighted by Gasteiger charge is -2.55. The minimum Gasteiger partial charge on any atom is -0.444 e. The summed E-state index contributed by atoms with van der Waals surface area (Å²) in [6, 6.07) is 5.18. The summed E-state index contributed by atoms with van der Waals surface area (Å²) in [5, 5.41) is 0. The quantitative estimate of drug-likeness (QED) is 0.685. The maximum absolute atomic E-state index is 12.9. The predicted molar refractivity (Wildman–Crippen MR) is 108 cm³/mol. The molecular weight excluding hydrogens is 430 g/mol. The first-order chi connectivity index (χ1) is 14.4. The number of ether oxygens (including phenoxy) is 2. The Labute approximate surface area is 181 Å². The van der Waals surface area contributed by atoms with Gasteiger partial charge in [0.2, 0.25) is 10.0 Å². The van der Waals surface area contributed by atoms with Crippen LogP contribution in [0.5, 0.6) is 5.75 Å². The Morgan fingerprint density at radius 1 is 1.10 bits per heavy atom. The largest absolute Gasteiger partial charge is 0.444 e. The van der Waals surface area contributed by atoms with Gasteiger partial charge < -0.3 is 14.4 Å². The predicted octanol–water partition coefficient (Wildman–Crippen LogP) is 3.84.